The summed E-state index contributed by atoms with van der Waals surface area (Å²) in [6.07, 6.45) is 0. The van der Waals surface area contributed by atoms with Crippen molar-refractivity contribution >= 4 is 26.8 Å². The van der Waals surface area contributed by atoms with Crippen LogP contribution in [0.2, 0.25) is 0 Å². The molecule has 0 aliphatic carbocycles. The highest BCUT2D eigenvalue weighted by atomic mass is 32.2. The molecule has 78 valence electrons. The molecule has 0 atom stereocenters. The van der Waals surface area contributed by atoms with Crippen LogP contribution in [0.5, 0.6) is 0 Å². The summed E-state index contributed by atoms with van der Waals surface area (Å²) < 4.78 is 33.3. The van der Waals surface area contributed by atoms with Gasteiger partial charge >= 0.3 is 0 Å². The van der Waals surface area contributed by atoms with Crippen molar-refractivity contribution in [3.63, 3.8) is 0 Å². The van der Waals surface area contributed by atoms with Crippen LogP contribution in [0.3, 0.4) is 0 Å². The van der Waals surface area contributed by atoms with E-state index in [1.54, 1.807) is 18.2 Å². The van der Waals surface area contributed by atoms with E-state index in [0.29, 0.717) is 0 Å². The Morgan fingerprint density at radius 3 is 2.33 bits per heavy atom. The van der Waals surface area contributed by atoms with Crippen molar-refractivity contribution in [3.8, 4) is 0 Å². The van der Waals surface area contributed by atoms with Gasteiger partial charge in [-0.15, -0.1) is 0 Å². The predicted octanol–water partition coefficient (Wildman–Crippen LogP) is 1.71. The van der Waals surface area contributed by atoms with Gasteiger partial charge in [-0.2, -0.15) is 0 Å². The molecule has 4 nitrogen and oxygen atoms in total. The third-order valence-corrected chi connectivity index (χ3v) is 2.48. The molecular formula is C10H8NO3S-. The van der Waals surface area contributed by atoms with Gasteiger partial charge in [0.2, 0.25) is 0 Å². The summed E-state index contributed by atoms with van der Waals surface area (Å²) in [6, 6.07) is 12.4. The smallest absolute Gasteiger partial charge is 0.181 e. The largest absolute Gasteiger partial charge is 0.731 e. The Hall–Kier alpha value is -1.59. The standard InChI is InChI=1S/C10H9NO3S/c12-15(13,14)11-10-6-5-8-3-1-2-4-9(8)7-10/h1-7,11H,(H,12,13,14)/p-1. The van der Waals surface area contributed by atoms with Gasteiger partial charge in [-0.25, -0.2) is 8.42 Å². The monoisotopic (exact) mass is 222 g/mol. The highest BCUT2D eigenvalue weighted by Gasteiger charge is 1.97. The zero-order chi connectivity index (χ0) is 10.9. The van der Waals surface area contributed by atoms with E-state index in [1.807, 2.05) is 29.0 Å². The number of benzene rings is 2. The summed E-state index contributed by atoms with van der Waals surface area (Å²) in [5.74, 6) is 0. The topological polar surface area (TPSA) is 69.2 Å². The minimum absolute atomic E-state index is 0.281. The second kappa shape index (κ2) is 3.52. The normalized spacial score (nSPS) is 11.5. The van der Waals surface area contributed by atoms with E-state index in [0.717, 1.165) is 10.8 Å². The maximum absolute atomic E-state index is 10.5. The van der Waals surface area contributed by atoms with Gasteiger partial charge in [-0.1, -0.05) is 30.3 Å². The fourth-order valence-corrected chi connectivity index (χ4v) is 1.81. The van der Waals surface area contributed by atoms with Crippen LogP contribution in [0.15, 0.2) is 42.5 Å². The third-order valence-electron chi connectivity index (χ3n) is 1.99. The summed E-state index contributed by atoms with van der Waals surface area (Å²) in [7, 11) is -4.45. The van der Waals surface area contributed by atoms with Gasteiger partial charge in [0.05, 0.1) is 0 Å². The molecule has 0 unspecified atom stereocenters. The predicted molar refractivity (Wildman–Crippen MR) is 57.3 cm³/mol. The number of hydrogen-bond acceptors (Lipinski definition) is 3. The fourth-order valence-electron chi connectivity index (χ4n) is 1.40. The summed E-state index contributed by atoms with van der Waals surface area (Å²) in [6.45, 7) is 0. The molecule has 0 heterocycles. The summed E-state index contributed by atoms with van der Waals surface area (Å²) in [5.41, 5.74) is 0.281. The van der Waals surface area contributed by atoms with E-state index in [4.69, 9.17) is 0 Å². The van der Waals surface area contributed by atoms with Crippen LogP contribution in [-0.4, -0.2) is 13.0 Å². The maximum Gasteiger partial charge on any atom is 0.181 e. The van der Waals surface area contributed by atoms with Crippen LogP contribution in [-0.2, 0) is 10.3 Å². The summed E-state index contributed by atoms with van der Waals surface area (Å²) in [5, 5.41) is 1.87. The average Bonchev–Trinajstić information content (AvgIpc) is 2.15. The first-order chi connectivity index (χ1) is 7.04. The lowest BCUT2D eigenvalue weighted by molar-refractivity contribution is 0.469. The highest BCUT2D eigenvalue weighted by molar-refractivity contribution is 7.87. The lowest BCUT2D eigenvalue weighted by atomic mass is 10.1. The Balaban J connectivity index is 2.48. The SMILES string of the molecule is O=S(=O)([O-])Nc1ccc2ccccc2c1. The van der Waals surface area contributed by atoms with E-state index in [2.05, 4.69) is 0 Å². The van der Waals surface area contributed by atoms with Gasteiger partial charge in [-0.3, -0.25) is 4.72 Å². The van der Waals surface area contributed by atoms with Crippen molar-refractivity contribution in [2.75, 3.05) is 4.72 Å². The van der Waals surface area contributed by atoms with Gasteiger partial charge in [0, 0.05) is 5.69 Å². The lowest BCUT2D eigenvalue weighted by Gasteiger charge is -2.10. The Bertz CT molecular complexity index is 592. The second-order valence-corrected chi connectivity index (χ2v) is 4.23. The number of hydrogen-bond donors (Lipinski definition) is 1. The molecular weight excluding hydrogens is 214 g/mol. The lowest BCUT2D eigenvalue weighted by Crippen LogP contribution is -2.10. The van der Waals surface area contributed by atoms with E-state index in [9.17, 15) is 13.0 Å². The molecule has 2 aromatic carbocycles. The van der Waals surface area contributed by atoms with Gasteiger partial charge < -0.3 is 4.55 Å². The first-order valence-electron chi connectivity index (χ1n) is 4.27. The molecule has 0 aliphatic heterocycles. The minimum atomic E-state index is -4.45. The highest BCUT2D eigenvalue weighted by Crippen LogP contribution is 2.19. The van der Waals surface area contributed by atoms with Crippen LogP contribution < -0.4 is 4.72 Å². The first-order valence-corrected chi connectivity index (χ1v) is 5.68. The molecule has 15 heavy (non-hydrogen) atoms. The van der Waals surface area contributed by atoms with Crippen LogP contribution in [0.1, 0.15) is 0 Å². The van der Waals surface area contributed by atoms with Gasteiger partial charge in [-0.05, 0) is 22.9 Å². The first kappa shape index (κ1) is 9.95. The Kier molecular flexibility index (Phi) is 2.34. The van der Waals surface area contributed by atoms with Gasteiger partial charge in [0.25, 0.3) is 0 Å². The molecule has 0 fully saturated rings. The molecule has 0 spiro atoms. The molecule has 0 radical (unpaired) electrons. The minimum Gasteiger partial charge on any atom is -0.731 e. The molecule has 2 aromatic rings. The quantitative estimate of drug-likeness (QED) is 0.786. The number of anilines is 1. The van der Waals surface area contributed by atoms with Crippen molar-refractivity contribution in [2.24, 2.45) is 0 Å². The molecule has 0 saturated heterocycles. The Morgan fingerprint density at radius 1 is 1.00 bits per heavy atom. The van der Waals surface area contributed by atoms with Crippen LogP contribution in [0.25, 0.3) is 10.8 Å². The molecule has 1 N–H and O–H groups in total. The van der Waals surface area contributed by atoms with E-state index >= 15 is 0 Å². The number of nitrogens with one attached hydrogen (secondary N) is 1. The van der Waals surface area contributed by atoms with Crippen LogP contribution in [0, 0.1) is 0 Å². The van der Waals surface area contributed by atoms with E-state index < -0.39 is 10.3 Å². The Labute approximate surface area is 87.4 Å². The van der Waals surface area contributed by atoms with Crippen LogP contribution in [0.4, 0.5) is 5.69 Å². The zero-order valence-electron chi connectivity index (χ0n) is 7.67. The van der Waals surface area contributed by atoms with Gasteiger partial charge in [0.15, 0.2) is 10.3 Å². The van der Waals surface area contributed by atoms with Crippen molar-refractivity contribution in [2.45, 2.75) is 0 Å². The molecule has 0 amide bonds. The molecule has 0 aliphatic rings. The van der Waals surface area contributed by atoms with Crippen molar-refractivity contribution in [1.82, 2.24) is 0 Å². The Morgan fingerprint density at radius 2 is 1.67 bits per heavy atom. The van der Waals surface area contributed by atoms with E-state index in [1.165, 1.54) is 0 Å². The second-order valence-electron chi connectivity index (χ2n) is 3.12. The van der Waals surface area contributed by atoms with Crippen LogP contribution >= 0.6 is 0 Å². The number of rotatable bonds is 2. The van der Waals surface area contributed by atoms with Crippen molar-refractivity contribution in [3.05, 3.63) is 42.5 Å². The molecule has 5 heteroatoms. The maximum atomic E-state index is 10.5. The molecule has 0 aromatic heterocycles. The van der Waals surface area contributed by atoms with Gasteiger partial charge in [0.1, 0.15) is 0 Å². The third kappa shape index (κ3) is 2.45. The van der Waals surface area contributed by atoms with Crippen molar-refractivity contribution in [1.29, 1.82) is 0 Å². The van der Waals surface area contributed by atoms with E-state index in [-0.39, 0.29) is 5.69 Å². The summed E-state index contributed by atoms with van der Waals surface area (Å²) >= 11 is 0. The fraction of sp³-hybridized carbons (Fsp3) is 0. The molecule has 0 bridgehead atoms. The number of fused-ring (bicyclic) bond motifs is 1. The average molecular weight is 222 g/mol. The zero-order valence-corrected chi connectivity index (χ0v) is 8.49. The molecule has 0 saturated carbocycles. The summed E-state index contributed by atoms with van der Waals surface area (Å²) in [4.78, 5) is 0. The molecule has 2 rings (SSSR count). The van der Waals surface area contributed by atoms with Crippen molar-refractivity contribution < 1.29 is 13.0 Å².